The molecule has 28 heavy (non-hydrogen) atoms. The quantitative estimate of drug-likeness (QED) is 0.830. The summed E-state index contributed by atoms with van der Waals surface area (Å²) < 4.78 is 16.0. The number of piperidine rings is 1. The molecule has 0 unspecified atom stereocenters. The Kier molecular flexibility index (Phi) is 6.41. The number of rotatable bonds is 6. The van der Waals surface area contributed by atoms with Gasteiger partial charge in [-0.3, -0.25) is 4.79 Å². The number of hydrogen-bond acceptors (Lipinski definition) is 5. The molecule has 1 heterocycles. The molecule has 6 nitrogen and oxygen atoms in total. The Hall–Kier alpha value is -2.73. The smallest absolute Gasteiger partial charge is 0.251 e. The Morgan fingerprint density at radius 1 is 1.00 bits per heavy atom. The molecule has 2 aromatic carbocycles. The minimum Gasteiger partial charge on any atom is -0.497 e. The third kappa shape index (κ3) is 4.39. The van der Waals surface area contributed by atoms with Crippen LogP contribution in [0.3, 0.4) is 0 Å². The summed E-state index contributed by atoms with van der Waals surface area (Å²) >= 11 is 0. The maximum atomic E-state index is 12.8. The highest BCUT2D eigenvalue weighted by atomic mass is 16.5. The second kappa shape index (κ2) is 8.97. The molecule has 1 fully saturated rings. The van der Waals surface area contributed by atoms with Crippen molar-refractivity contribution in [1.82, 2.24) is 10.2 Å². The van der Waals surface area contributed by atoms with Gasteiger partial charge >= 0.3 is 0 Å². The van der Waals surface area contributed by atoms with Crippen LogP contribution < -0.4 is 19.5 Å². The standard InChI is InChI=1S/C22H28N2O4/c1-24-12-11-19(23-22(25)15-5-8-17(26-2)9-6-15)18(14-24)16-7-10-20(27-3)21(13-16)28-4/h5-10,13,18-19H,11-12,14H2,1-4H3,(H,23,25)/t18-,19-/m0/s1. The van der Waals surface area contributed by atoms with E-state index < -0.39 is 0 Å². The minimum atomic E-state index is -0.0670. The second-order valence-electron chi connectivity index (χ2n) is 7.08. The molecule has 0 aromatic heterocycles. The topological polar surface area (TPSA) is 60.0 Å². The number of ether oxygens (including phenoxy) is 3. The molecule has 1 saturated heterocycles. The van der Waals surface area contributed by atoms with Gasteiger partial charge in [0, 0.05) is 24.1 Å². The van der Waals surface area contributed by atoms with Gasteiger partial charge in [-0.15, -0.1) is 0 Å². The average molecular weight is 384 g/mol. The van der Waals surface area contributed by atoms with E-state index in [0.717, 1.165) is 30.8 Å². The maximum Gasteiger partial charge on any atom is 0.251 e. The lowest BCUT2D eigenvalue weighted by molar-refractivity contribution is 0.0904. The number of amides is 1. The average Bonchev–Trinajstić information content (AvgIpc) is 2.74. The van der Waals surface area contributed by atoms with Crippen molar-refractivity contribution < 1.29 is 19.0 Å². The van der Waals surface area contributed by atoms with Crippen molar-refractivity contribution in [3.8, 4) is 17.2 Å². The summed E-state index contributed by atoms with van der Waals surface area (Å²) in [6, 6.07) is 13.2. The van der Waals surface area contributed by atoms with Crippen LogP contribution >= 0.6 is 0 Å². The van der Waals surface area contributed by atoms with E-state index in [-0.39, 0.29) is 17.9 Å². The van der Waals surface area contributed by atoms with Gasteiger partial charge in [-0.05, 0) is 62.0 Å². The van der Waals surface area contributed by atoms with Crippen LogP contribution in [0.1, 0.15) is 28.3 Å². The lowest BCUT2D eigenvalue weighted by Gasteiger charge is -2.37. The van der Waals surface area contributed by atoms with E-state index in [0.29, 0.717) is 17.1 Å². The molecular weight excluding hydrogens is 356 g/mol. The van der Waals surface area contributed by atoms with Gasteiger partial charge in [-0.25, -0.2) is 0 Å². The fraction of sp³-hybridized carbons (Fsp3) is 0.409. The first kappa shape index (κ1) is 20.0. The van der Waals surface area contributed by atoms with Crippen molar-refractivity contribution >= 4 is 5.91 Å². The molecule has 1 N–H and O–H groups in total. The first-order valence-electron chi connectivity index (χ1n) is 9.41. The Morgan fingerprint density at radius 2 is 1.71 bits per heavy atom. The SMILES string of the molecule is COc1ccc(C(=O)N[C@H]2CCN(C)C[C@H]2c2ccc(OC)c(OC)c2)cc1. The van der Waals surface area contributed by atoms with Gasteiger partial charge in [-0.1, -0.05) is 6.07 Å². The number of hydrogen-bond donors (Lipinski definition) is 1. The molecule has 0 saturated carbocycles. The monoisotopic (exact) mass is 384 g/mol. The van der Waals surface area contributed by atoms with Gasteiger partial charge < -0.3 is 24.4 Å². The van der Waals surface area contributed by atoms with Crippen molar-refractivity contribution in [3.63, 3.8) is 0 Å². The summed E-state index contributed by atoms with van der Waals surface area (Å²) in [5.41, 5.74) is 1.76. The van der Waals surface area contributed by atoms with E-state index in [1.54, 1.807) is 45.6 Å². The van der Waals surface area contributed by atoms with Crippen LogP contribution in [0.25, 0.3) is 0 Å². The summed E-state index contributed by atoms with van der Waals surface area (Å²) in [7, 11) is 6.98. The second-order valence-corrected chi connectivity index (χ2v) is 7.08. The van der Waals surface area contributed by atoms with E-state index in [9.17, 15) is 4.79 Å². The maximum absolute atomic E-state index is 12.8. The Labute approximate surface area is 166 Å². The van der Waals surface area contributed by atoms with E-state index >= 15 is 0 Å². The van der Waals surface area contributed by atoms with Crippen molar-refractivity contribution in [2.24, 2.45) is 0 Å². The summed E-state index contributed by atoms with van der Waals surface area (Å²) in [6.45, 7) is 1.81. The number of carbonyl (C=O) groups is 1. The highest BCUT2D eigenvalue weighted by Crippen LogP contribution is 2.34. The fourth-order valence-corrected chi connectivity index (χ4v) is 3.70. The van der Waals surface area contributed by atoms with Crippen LogP contribution in [0, 0.1) is 0 Å². The van der Waals surface area contributed by atoms with Gasteiger partial charge in [0.15, 0.2) is 11.5 Å². The molecule has 2 aromatic rings. The Morgan fingerprint density at radius 3 is 2.36 bits per heavy atom. The summed E-state index contributed by atoms with van der Waals surface area (Å²) in [6.07, 6.45) is 0.886. The van der Waals surface area contributed by atoms with Crippen molar-refractivity contribution in [2.75, 3.05) is 41.5 Å². The van der Waals surface area contributed by atoms with Gasteiger partial charge in [0.2, 0.25) is 0 Å². The van der Waals surface area contributed by atoms with Gasteiger partial charge in [0.1, 0.15) is 5.75 Å². The molecule has 3 rings (SSSR count). The molecule has 150 valence electrons. The first-order chi connectivity index (χ1) is 13.5. The van der Waals surface area contributed by atoms with Crippen molar-refractivity contribution in [1.29, 1.82) is 0 Å². The van der Waals surface area contributed by atoms with Crippen LogP contribution in [0.5, 0.6) is 17.2 Å². The number of likely N-dealkylation sites (N-methyl/N-ethyl adjacent to an activating group) is 1. The molecule has 0 aliphatic carbocycles. The van der Waals surface area contributed by atoms with Crippen molar-refractivity contribution in [2.45, 2.75) is 18.4 Å². The predicted octanol–water partition coefficient (Wildman–Crippen LogP) is 2.93. The lowest BCUT2D eigenvalue weighted by atomic mass is 9.85. The Balaban J connectivity index is 1.81. The number of nitrogens with one attached hydrogen (secondary N) is 1. The highest BCUT2D eigenvalue weighted by molar-refractivity contribution is 5.94. The van der Waals surface area contributed by atoms with Crippen LogP contribution in [0.2, 0.25) is 0 Å². The van der Waals surface area contributed by atoms with E-state index in [2.05, 4.69) is 23.3 Å². The largest absolute Gasteiger partial charge is 0.497 e. The van der Waals surface area contributed by atoms with Crippen LogP contribution in [0.15, 0.2) is 42.5 Å². The van der Waals surface area contributed by atoms with Gasteiger partial charge in [0.25, 0.3) is 5.91 Å². The molecule has 6 heteroatoms. The Bertz CT molecular complexity index is 807. The van der Waals surface area contributed by atoms with Crippen LogP contribution in [-0.2, 0) is 0 Å². The molecule has 1 aliphatic rings. The third-order valence-electron chi connectivity index (χ3n) is 5.32. The normalized spacial score (nSPS) is 19.7. The zero-order valence-corrected chi connectivity index (χ0v) is 16.9. The zero-order valence-electron chi connectivity index (χ0n) is 16.9. The summed E-state index contributed by atoms with van der Waals surface area (Å²) in [5, 5.41) is 3.23. The highest BCUT2D eigenvalue weighted by Gasteiger charge is 2.31. The number of nitrogens with zero attached hydrogens (tertiary/aromatic N) is 1. The van der Waals surface area contributed by atoms with Gasteiger partial charge in [0.05, 0.1) is 21.3 Å². The summed E-state index contributed by atoms with van der Waals surface area (Å²) in [4.78, 5) is 15.1. The summed E-state index contributed by atoms with van der Waals surface area (Å²) in [5.74, 6) is 2.24. The van der Waals surface area contributed by atoms with E-state index in [4.69, 9.17) is 14.2 Å². The molecular formula is C22H28N2O4. The molecule has 2 atom stereocenters. The number of carbonyl (C=O) groups excluding carboxylic acids is 1. The molecule has 1 amide bonds. The number of likely N-dealkylation sites (tertiary alicyclic amines) is 1. The third-order valence-corrected chi connectivity index (χ3v) is 5.32. The van der Waals surface area contributed by atoms with Crippen LogP contribution in [0.4, 0.5) is 0 Å². The number of benzene rings is 2. The van der Waals surface area contributed by atoms with E-state index in [1.165, 1.54) is 0 Å². The molecule has 1 aliphatic heterocycles. The fourth-order valence-electron chi connectivity index (χ4n) is 3.70. The van der Waals surface area contributed by atoms with E-state index in [1.807, 2.05) is 12.1 Å². The first-order valence-corrected chi connectivity index (χ1v) is 9.41. The lowest BCUT2D eigenvalue weighted by Crippen LogP contribution is -2.48. The van der Waals surface area contributed by atoms with Gasteiger partial charge in [-0.2, -0.15) is 0 Å². The van der Waals surface area contributed by atoms with Crippen LogP contribution in [-0.4, -0.2) is 58.3 Å². The molecule has 0 radical (unpaired) electrons. The molecule has 0 bridgehead atoms. The minimum absolute atomic E-state index is 0.0453. The molecule has 0 spiro atoms. The predicted molar refractivity (Wildman–Crippen MR) is 109 cm³/mol. The van der Waals surface area contributed by atoms with Crippen molar-refractivity contribution in [3.05, 3.63) is 53.6 Å². The number of methoxy groups -OCH3 is 3. The zero-order chi connectivity index (χ0) is 20.1.